The number of thioether (sulfide) groups is 1. The number of aryl methyl sites for hydroxylation is 1. The molecule has 0 atom stereocenters. The summed E-state index contributed by atoms with van der Waals surface area (Å²) in [6.45, 7) is 8.33. The number of aromatic nitrogens is 1. The molecule has 0 aliphatic heterocycles. The normalized spacial score (nSPS) is 11.7. The third kappa shape index (κ3) is 5.33. The molecular formula is C11H17NOS2. The summed E-state index contributed by atoms with van der Waals surface area (Å²) in [5.74, 6) is 0.848. The number of Topliss-reactive ketones (excluding diaryl/α,β-unsaturated/α-hetero) is 1. The molecule has 15 heavy (non-hydrogen) atoms. The zero-order valence-electron chi connectivity index (χ0n) is 9.66. The van der Waals surface area contributed by atoms with Crippen LogP contribution >= 0.6 is 23.1 Å². The molecule has 2 nitrogen and oxygen atoms in total. The van der Waals surface area contributed by atoms with Crippen LogP contribution in [0.1, 0.15) is 31.5 Å². The second-order valence-electron chi connectivity index (χ2n) is 4.47. The third-order valence-electron chi connectivity index (χ3n) is 1.71. The Morgan fingerprint density at radius 1 is 1.53 bits per heavy atom. The molecule has 0 aromatic carbocycles. The Morgan fingerprint density at radius 3 is 2.67 bits per heavy atom. The first-order chi connectivity index (χ1) is 6.87. The van der Waals surface area contributed by atoms with E-state index in [2.05, 4.69) is 25.8 Å². The van der Waals surface area contributed by atoms with Crippen LogP contribution in [0.2, 0.25) is 0 Å². The molecule has 0 bridgehead atoms. The number of carbonyl (C=O) groups excluding carboxylic acids is 1. The minimum Gasteiger partial charge on any atom is -0.298 e. The van der Waals surface area contributed by atoms with Crippen molar-refractivity contribution in [3.05, 3.63) is 16.1 Å². The number of carbonyl (C=O) groups is 1. The fraction of sp³-hybridized carbons (Fsp3) is 0.636. The van der Waals surface area contributed by atoms with Crippen molar-refractivity contribution in [2.75, 3.05) is 5.75 Å². The quantitative estimate of drug-likeness (QED) is 0.814. The van der Waals surface area contributed by atoms with Crippen LogP contribution in [0.5, 0.6) is 0 Å². The van der Waals surface area contributed by atoms with Crippen molar-refractivity contribution in [1.29, 1.82) is 0 Å². The topological polar surface area (TPSA) is 30.0 Å². The zero-order chi connectivity index (χ0) is 11.5. The Labute approximate surface area is 99.5 Å². The van der Waals surface area contributed by atoms with Gasteiger partial charge in [-0.05, 0) is 6.92 Å². The molecule has 1 aromatic rings. The average Bonchev–Trinajstić information content (AvgIpc) is 2.47. The lowest BCUT2D eigenvalue weighted by molar-refractivity contribution is -0.116. The molecule has 84 valence electrons. The molecule has 0 spiro atoms. The van der Waals surface area contributed by atoms with E-state index in [0.717, 1.165) is 10.7 Å². The van der Waals surface area contributed by atoms with Gasteiger partial charge in [-0.25, -0.2) is 4.98 Å². The first-order valence-electron chi connectivity index (χ1n) is 4.93. The van der Waals surface area contributed by atoms with E-state index >= 15 is 0 Å². The molecule has 1 aromatic heterocycles. The fourth-order valence-corrected chi connectivity index (χ4v) is 2.35. The lowest BCUT2D eigenvalue weighted by Crippen LogP contribution is -2.14. The second kappa shape index (κ2) is 5.12. The fourth-order valence-electron chi connectivity index (χ4n) is 1.04. The summed E-state index contributed by atoms with van der Waals surface area (Å²) in [7, 11) is 0. The van der Waals surface area contributed by atoms with Crippen LogP contribution in [0.3, 0.4) is 0 Å². The van der Waals surface area contributed by atoms with Crippen molar-refractivity contribution in [2.45, 2.75) is 38.9 Å². The van der Waals surface area contributed by atoms with E-state index in [9.17, 15) is 4.79 Å². The van der Waals surface area contributed by atoms with Crippen molar-refractivity contribution in [3.8, 4) is 0 Å². The zero-order valence-corrected chi connectivity index (χ0v) is 11.3. The van der Waals surface area contributed by atoms with Gasteiger partial charge in [-0.2, -0.15) is 0 Å². The molecule has 0 saturated heterocycles. The molecule has 0 saturated carbocycles. The number of rotatable bonds is 4. The Bertz CT molecular complexity index is 339. The standard InChI is InChI=1S/C11H17NOS2/c1-8-12-9(6-14-8)5-10(13)7-15-11(2,3)4/h6H,5,7H2,1-4H3. The Morgan fingerprint density at radius 2 is 2.20 bits per heavy atom. The number of ketones is 1. The van der Waals surface area contributed by atoms with Crippen molar-refractivity contribution in [1.82, 2.24) is 4.98 Å². The largest absolute Gasteiger partial charge is 0.298 e. The van der Waals surface area contributed by atoms with E-state index in [0.29, 0.717) is 12.2 Å². The highest BCUT2D eigenvalue weighted by atomic mass is 32.2. The summed E-state index contributed by atoms with van der Waals surface area (Å²) in [4.78, 5) is 15.9. The molecular weight excluding hydrogens is 226 g/mol. The maximum absolute atomic E-state index is 11.6. The molecule has 1 rings (SSSR count). The summed E-state index contributed by atoms with van der Waals surface area (Å²) in [6, 6.07) is 0. The molecule has 1 heterocycles. The van der Waals surface area contributed by atoms with Gasteiger partial charge in [0.15, 0.2) is 0 Å². The predicted octanol–water partition coefficient (Wildman–Crippen LogP) is 3.09. The smallest absolute Gasteiger partial charge is 0.148 e. The second-order valence-corrected chi connectivity index (χ2v) is 7.34. The summed E-state index contributed by atoms with van der Waals surface area (Å²) >= 11 is 3.29. The molecule has 0 N–H and O–H groups in total. The highest BCUT2D eigenvalue weighted by Gasteiger charge is 2.14. The summed E-state index contributed by atoms with van der Waals surface area (Å²) in [5.41, 5.74) is 0.914. The monoisotopic (exact) mass is 243 g/mol. The van der Waals surface area contributed by atoms with Gasteiger partial charge in [0.2, 0.25) is 0 Å². The van der Waals surface area contributed by atoms with Crippen LogP contribution in [-0.2, 0) is 11.2 Å². The van der Waals surface area contributed by atoms with Crippen molar-refractivity contribution in [2.24, 2.45) is 0 Å². The van der Waals surface area contributed by atoms with Crippen molar-refractivity contribution < 1.29 is 4.79 Å². The average molecular weight is 243 g/mol. The molecule has 0 fully saturated rings. The van der Waals surface area contributed by atoms with Crippen LogP contribution < -0.4 is 0 Å². The van der Waals surface area contributed by atoms with Gasteiger partial charge < -0.3 is 0 Å². The van der Waals surface area contributed by atoms with Gasteiger partial charge in [0.05, 0.1) is 22.9 Å². The molecule has 0 aliphatic rings. The highest BCUT2D eigenvalue weighted by Crippen LogP contribution is 2.23. The highest BCUT2D eigenvalue weighted by molar-refractivity contribution is 8.01. The molecule has 0 amide bonds. The van der Waals surface area contributed by atoms with E-state index in [4.69, 9.17) is 0 Å². The Balaban J connectivity index is 2.37. The first kappa shape index (κ1) is 12.7. The molecule has 4 heteroatoms. The van der Waals surface area contributed by atoms with E-state index in [1.807, 2.05) is 12.3 Å². The summed E-state index contributed by atoms with van der Waals surface area (Å²) in [5, 5.41) is 3.00. The Kier molecular flexibility index (Phi) is 4.34. The molecule has 0 aliphatic carbocycles. The van der Waals surface area contributed by atoms with E-state index < -0.39 is 0 Å². The number of hydrogen-bond donors (Lipinski definition) is 0. The number of thiazole rings is 1. The van der Waals surface area contributed by atoms with Gasteiger partial charge in [-0.1, -0.05) is 20.8 Å². The van der Waals surface area contributed by atoms with Gasteiger partial charge in [0.1, 0.15) is 5.78 Å². The molecule has 0 radical (unpaired) electrons. The third-order valence-corrected chi connectivity index (χ3v) is 3.87. The predicted molar refractivity (Wildman–Crippen MR) is 67.8 cm³/mol. The van der Waals surface area contributed by atoms with Crippen molar-refractivity contribution in [3.63, 3.8) is 0 Å². The summed E-state index contributed by atoms with van der Waals surface area (Å²) in [6.07, 6.45) is 0.480. The minimum atomic E-state index is 0.160. The van der Waals surface area contributed by atoms with Crippen LogP contribution in [0.15, 0.2) is 5.38 Å². The van der Waals surface area contributed by atoms with Crippen molar-refractivity contribution >= 4 is 28.9 Å². The Hall–Kier alpha value is -0.350. The van der Waals surface area contributed by atoms with Gasteiger partial charge in [-0.3, -0.25) is 4.79 Å². The molecule has 0 unspecified atom stereocenters. The van der Waals surface area contributed by atoms with E-state index in [-0.39, 0.29) is 10.5 Å². The first-order valence-corrected chi connectivity index (χ1v) is 6.80. The van der Waals surface area contributed by atoms with Crippen LogP contribution in [0.4, 0.5) is 0 Å². The lowest BCUT2D eigenvalue weighted by atomic mass is 10.2. The van der Waals surface area contributed by atoms with Gasteiger partial charge in [0, 0.05) is 10.1 Å². The van der Waals surface area contributed by atoms with Crippen LogP contribution in [0.25, 0.3) is 0 Å². The number of nitrogens with zero attached hydrogens (tertiary/aromatic N) is 1. The minimum absolute atomic E-state index is 0.160. The summed E-state index contributed by atoms with van der Waals surface area (Å²) < 4.78 is 0.160. The van der Waals surface area contributed by atoms with Gasteiger partial charge in [0.25, 0.3) is 0 Å². The van der Waals surface area contributed by atoms with Gasteiger partial charge in [-0.15, -0.1) is 23.1 Å². The van der Waals surface area contributed by atoms with E-state index in [1.165, 1.54) is 0 Å². The van der Waals surface area contributed by atoms with E-state index in [1.54, 1.807) is 23.1 Å². The van der Waals surface area contributed by atoms with Crippen LogP contribution in [-0.4, -0.2) is 21.3 Å². The SMILES string of the molecule is Cc1nc(CC(=O)CSC(C)(C)C)cs1. The van der Waals surface area contributed by atoms with Crippen LogP contribution in [0, 0.1) is 6.92 Å². The number of hydrogen-bond acceptors (Lipinski definition) is 4. The lowest BCUT2D eigenvalue weighted by Gasteiger charge is -2.16. The maximum atomic E-state index is 11.6. The van der Waals surface area contributed by atoms with Gasteiger partial charge >= 0.3 is 0 Å². The maximum Gasteiger partial charge on any atom is 0.148 e.